The molecule has 1 aliphatic rings. The number of hydrogen-bond acceptors (Lipinski definition) is 4. The van der Waals surface area contributed by atoms with Crippen LogP contribution in [0.15, 0.2) is 66.9 Å². The fourth-order valence-corrected chi connectivity index (χ4v) is 3.68. The van der Waals surface area contributed by atoms with Crippen LogP contribution in [-0.4, -0.2) is 36.1 Å². The molecule has 158 valence electrons. The fraction of sp³-hybridized carbons (Fsp3) is 0.250. The second-order valence-electron chi connectivity index (χ2n) is 7.55. The minimum absolute atomic E-state index is 0.524. The van der Waals surface area contributed by atoms with Crippen molar-refractivity contribution in [2.75, 3.05) is 31.1 Å². The SMILES string of the molecule is N#Cc1ccc(N2CCN(Cc3ccc(-c4ccc(C(F)(F)F)cn4)cc3)CC2)cc1. The first-order valence-corrected chi connectivity index (χ1v) is 10.0. The van der Waals surface area contributed by atoms with Gasteiger partial charge in [0.05, 0.1) is 22.9 Å². The number of piperazine rings is 1. The lowest BCUT2D eigenvalue weighted by molar-refractivity contribution is -0.137. The second kappa shape index (κ2) is 8.78. The van der Waals surface area contributed by atoms with Crippen LogP contribution in [-0.2, 0) is 12.7 Å². The van der Waals surface area contributed by atoms with Gasteiger partial charge in [0, 0.05) is 50.2 Å². The van der Waals surface area contributed by atoms with E-state index in [1.54, 1.807) is 0 Å². The number of hydrogen-bond donors (Lipinski definition) is 0. The van der Waals surface area contributed by atoms with Crippen molar-refractivity contribution >= 4 is 5.69 Å². The zero-order valence-electron chi connectivity index (χ0n) is 16.8. The Kier molecular flexibility index (Phi) is 5.92. The maximum Gasteiger partial charge on any atom is 0.417 e. The van der Waals surface area contributed by atoms with E-state index in [9.17, 15) is 13.2 Å². The summed E-state index contributed by atoms with van der Waals surface area (Å²) in [6.45, 7) is 4.52. The number of alkyl halides is 3. The van der Waals surface area contributed by atoms with Crippen LogP contribution < -0.4 is 4.90 Å². The van der Waals surface area contributed by atoms with Crippen molar-refractivity contribution in [1.29, 1.82) is 5.26 Å². The highest BCUT2D eigenvalue weighted by Crippen LogP contribution is 2.29. The standard InChI is InChI=1S/C24H21F3N4/c25-24(26,27)21-7-10-23(29-16-21)20-5-1-19(2-6-20)17-30-11-13-31(14-12-30)22-8-3-18(15-28)4-9-22/h1-10,16H,11-14,17H2. The molecule has 0 radical (unpaired) electrons. The Morgan fingerprint density at radius 3 is 2.10 bits per heavy atom. The highest BCUT2D eigenvalue weighted by atomic mass is 19.4. The summed E-state index contributed by atoms with van der Waals surface area (Å²) < 4.78 is 38.1. The number of nitrogens with zero attached hydrogens (tertiary/aromatic N) is 4. The molecule has 2 aromatic carbocycles. The second-order valence-corrected chi connectivity index (χ2v) is 7.55. The Hall–Kier alpha value is -3.37. The van der Waals surface area contributed by atoms with Crippen molar-refractivity contribution < 1.29 is 13.2 Å². The van der Waals surface area contributed by atoms with Crippen LogP contribution in [0, 0.1) is 11.3 Å². The molecule has 4 nitrogen and oxygen atoms in total. The molecular formula is C24H21F3N4. The summed E-state index contributed by atoms with van der Waals surface area (Å²) in [5, 5.41) is 8.92. The molecule has 31 heavy (non-hydrogen) atoms. The predicted octanol–water partition coefficient (Wildman–Crippen LogP) is 4.96. The van der Waals surface area contributed by atoms with E-state index in [1.165, 1.54) is 6.07 Å². The van der Waals surface area contributed by atoms with Crippen LogP contribution in [0.4, 0.5) is 18.9 Å². The number of anilines is 1. The molecule has 0 bridgehead atoms. The van der Waals surface area contributed by atoms with Crippen molar-refractivity contribution in [3.63, 3.8) is 0 Å². The van der Waals surface area contributed by atoms with Crippen LogP contribution in [0.2, 0.25) is 0 Å². The van der Waals surface area contributed by atoms with Crippen LogP contribution >= 0.6 is 0 Å². The van der Waals surface area contributed by atoms with Gasteiger partial charge < -0.3 is 4.90 Å². The molecule has 3 aromatic rings. The minimum atomic E-state index is -4.38. The molecule has 2 heterocycles. The quantitative estimate of drug-likeness (QED) is 0.596. The topological polar surface area (TPSA) is 43.2 Å². The Bertz CT molecular complexity index is 1040. The van der Waals surface area contributed by atoms with Crippen molar-refractivity contribution in [1.82, 2.24) is 9.88 Å². The molecular weight excluding hydrogens is 401 g/mol. The van der Waals surface area contributed by atoms with Crippen LogP contribution in [0.25, 0.3) is 11.3 Å². The third-order valence-electron chi connectivity index (χ3n) is 5.48. The lowest BCUT2D eigenvalue weighted by atomic mass is 10.1. The fourth-order valence-electron chi connectivity index (χ4n) is 3.68. The van der Waals surface area contributed by atoms with Crippen molar-refractivity contribution in [2.24, 2.45) is 0 Å². The van der Waals surface area contributed by atoms with Crippen LogP contribution in [0.5, 0.6) is 0 Å². The minimum Gasteiger partial charge on any atom is -0.369 e. The van der Waals surface area contributed by atoms with Crippen molar-refractivity contribution in [3.05, 3.63) is 83.6 Å². The van der Waals surface area contributed by atoms with Gasteiger partial charge in [-0.1, -0.05) is 24.3 Å². The average molecular weight is 422 g/mol. The molecule has 0 aliphatic carbocycles. The van der Waals surface area contributed by atoms with Crippen molar-refractivity contribution in [2.45, 2.75) is 12.7 Å². The van der Waals surface area contributed by atoms with Gasteiger partial charge >= 0.3 is 6.18 Å². The lowest BCUT2D eigenvalue weighted by Gasteiger charge is -2.36. The highest BCUT2D eigenvalue weighted by Gasteiger charge is 2.30. The van der Waals surface area contributed by atoms with Gasteiger partial charge in [-0.25, -0.2) is 0 Å². The molecule has 7 heteroatoms. The van der Waals surface area contributed by atoms with Gasteiger partial charge in [0.2, 0.25) is 0 Å². The number of pyridine rings is 1. The Morgan fingerprint density at radius 2 is 1.55 bits per heavy atom. The Labute approximate surface area is 179 Å². The predicted molar refractivity (Wildman–Crippen MR) is 113 cm³/mol. The van der Waals surface area contributed by atoms with Gasteiger partial charge in [-0.05, 0) is 42.0 Å². The molecule has 1 saturated heterocycles. The zero-order valence-corrected chi connectivity index (χ0v) is 16.8. The number of nitriles is 1. The monoisotopic (exact) mass is 422 g/mol. The molecule has 0 saturated carbocycles. The molecule has 0 atom stereocenters. The van der Waals surface area contributed by atoms with E-state index < -0.39 is 11.7 Å². The molecule has 0 N–H and O–H groups in total. The number of halogens is 3. The van der Waals surface area contributed by atoms with Gasteiger partial charge in [0.1, 0.15) is 0 Å². The summed E-state index contributed by atoms with van der Waals surface area (Å²) in [5.41, 5.74) is 3.53. The maximum atomic E-state index is 12.7. The van der Waals surface area contributed by atoms with Crippen LogP contribution in [0.3, 0.4) is 0 Å². The molecule has 1 fully saturated rings. The number of aromatic nitrogens is 1. The smallest absolute Gasteiger partial charge is 0.369 e. The van der Waals surface area contributed by atoms with E-state index in [0.717, 1.165) is 61.8 Å². The number of benzene rings is 2. The van der Waals surface area contributed by atoms with E-state index in [4.69, 9.17) is 5.26 Å². The molecule has 0 amide bonds. The summed E-state index contributed by atoms with van der Waals surface area (Å²) in [7, 11) is 0. The number of rotatable bonds is 4. The van der Waals surface area contributed by atoms with Gasteiger partial charge in [-0.15, -0.1) is 0 Å². The first kappa shape index (κ1) is 20.9. The van der Waals surface area contributed by atoms with E-state index in [0.29, 0.717) is 11.3 Å². The first-order valence-electron chi connectivity index (χ1n) is 10.0. The van der Waals surface area contributed by atoms with Gasteiger partial charge in [0.25, 0.3) is 0 Å². The van der Waals surface area contributed by atoms with Crippen molar-refractivity contribution in [3.8, 4) is 17.3 Å². The lowest BCUT2D eigenvalue weighted by Crippen LogP contribution is -2.45. The van der Waals surface area contributed by atoms with E-state index in [1.807, 2.05) is 48.5 Å². The van der Waals surface area contributed by atoms with Gasteiger partial charge in [-0.3, -0.25) is 9.88 Å². The van der Waals surface area contributed by atoms with Gasteiger partial charge in [0.15, 0.2) is 0 Å². The van der Waals surface area contributed by atoms with Crippen LogP contribution in [0.1, 0.15) is 16.7 Å². The van der Waals surface area contributed by atoms with Gasteiger partial charge in [-0.2, -0.15) is 18.4 Å². The largest absolute Gasteiger partial charge is 0.417 e. The summed E-state index contributed by atoms with van der Waals surface area (Å²) in [5.74, 6) is 0. The summed E-state index contributed by atoms with van der Waals surface area (Å²) >= 11 is 0. The Balaban J connectivity index is 1.33. The molecule has 1 aromatic heterocycles. The Morgan fingerprint density at radius 1 is 0.871 bits per heavy atom. The summed E-state index contributed by atoms with van der Waals surface area (Å²) in [4.78, 5) is 8.65. The average Bonchev–Trinajstić information content (AvgIpc) is 2.80. The third kappa shape index (κ3) is 5.04. The zero-order chi connectivity index (χ0) is 21.8. The summed E-state index contributed by atoms with van der Waals surface area (Å²) in [6, 6.07) is 20.1. The molecule has 0 unspecified atom stereocenters. The highest BCUT2D eigenvalue weighted by molar-refractivity contribution is 5.59. The van der Waals surface area contributed by atoms with E-state index >= 15 is 0 Å². The first-order chi connectivity index (χ1) is 14.9. The normalized spacial score (nSPS) is 15.0. The molecule has 1 aliphatic heterocycles. The molecule has 0 spiro atoms. The third-order valence-corrected chi connectivity index (χ3v) is 5.48. The molecule has 4 rings (SSSR count). The maximum absolute atomic E-state index is 12.7. The van der Waals surface area contributed by atoms with E-state index in [-0.39, 0.29) is 0 Å². The summed E-state index contributed by atoms with van der Waals surface area (Å²) in [6.07, 6.45) is -3.50. The van der Waals surface area contributed by atoms with E-state index in [2.05, 4.69) is 20.9 Å².